The quantitative estimate of drug-likeness (QED) is 0.524. The van der Waals surface area contributed by atoms with E-state index in [9.17, 15) is 9.59 Å². The topological polar surface area (TPSA) is 65.0 Å². The standard InChI is InChI=1S/C11H17NO4/c1-7-6-9(16-12-7)4-5-10(13)8(2)11(14)15-3/h8-9H,4-6H2,1-3H3/t8?,9-/m0/s1. The van der Waals surface area contributed by atoms with Crippen molar-refractivity contribution in [3.8, 4) is 0 Å². The second kappa shape index (κ2) is 5.63. The molecular weight excluding hydrogens is 210 g/mol. The summed E-state index contributed by atoms with van der Waals surface area (Å²) in [6.45, 7) is 3.45. The summed E-state index contributed by atoms with van der Waals surface area (Å²) in [6.07, 6.45) is 1.67. The Morgan fingerprint density at radius 3 is 2.81 bits per heavy atom. The highest BCUT2D eigenvalue weighted by Gasteiger charge is 2.24. The van der Waals surface area contributed by atoms with E-state index in [4.69, 9.17) is 4.84 Å². The third kappa shape index (κ3) is 3.32. The first-order valence-electron chi connectivity index (χ1n) is 5.34. The van der Waals surface area contributed by atoms with Gasteiger partial charge in [-0.2, -0.15) is 0 Å². The van der Waals surface area contributed by atoms with Crippen molar-refractivity contribution in [2.45, 2.75) is 39.2 Å². The van der Waals surface area contributed by atoms with Gasteiger partial charge in [-0.05, 0) is 20.3 Å². The molecule has 0 radical (unpaired) electrons. The number of rotatable bonds is 5. The number of Topliss-reactive ketones (excluding diaryl/α,β-unsaturated/α-hetero) is 1. The lowest BCUT2D eigenvalue weighted by molar-refractivity contribution is -0.148. The number of esters is 1. The Morgan fingerprint density at radius 1 is 1.62 bits per heavy atom. The molecule has 0 spiro atoms. The van der Waals surface area contributed by atoms with Gasteiger partial charge in [-0.15, -0.1) is 0 Å². The Hall–Kier alpha value is -1.39. The zero-order valence-electron chi connectivity index (χ0n) is 9.86. The summed E-state index contributed by atoms with van der Waals surface area (Å²) < 4.78 is 4.51. The Kier molecular flexibility index (Phi) is 4.46. The summed E-state index contributed by atoms with van der Waals surface area (Å²) in [5, 5.41) is 3.81. The largest absolute Gasteiger partial charge is 0.468 e. The van der Waals surface area contributed by atoms with Crippen LogP contribution in [-0.2, 0) is 19.2 Å². The maximum atomic E-state index is 11.6. The van der Waals surface area contributed by atoms with Gasteiger partial charge in [-0.25, -0.2) is 0 Å². The van der Waals surface area contributed by atoms with Crippen LogP contribution in [0.15, 0.2) is 5.16 Å². The number of hydrogen-bond acceptors (Lipinski definition) is 5. The third-order valence-electron chi connectivity index (χ3n) is 2.63. The van der Waals surface area contributed by atoms with Crippen molar-refractivity contribution in [2.24, 2.45) is 11.1 Å². The lowest BCUT2D eigenvalue weighted by Gasteiger charge is -2.10. The van der Waals surface area contributed by atoms with Gasteiger partial charge in [-0.3, -0.25) is 9.59 Å². The van der Waals surface area contributed by atoms with Crippen LogP contribution in [0.4, 0.5) is 0 Å². The second-order valence-electron chi connectivity index (χ2n) is 4.01. The average molecular weight is 227 g/mol. The van der Waals surface area contributed by atoms with E-state index in [1.54, 1.807) is 6.92 Å². The minimum Gasteiger partial charge on any atom is -0.468 e. The number of ether oxygens (including phenoxy) is 1. The number of carbonyl (C=O) groups excluding carboxylic acids is 2. The zero-order valence-corrected chi connectivity index (χ0v) is 9.86. The maximum absolute atomic E-state index is 11.6. The molecule has 0 saturated carbocycles. The van der Waals surface area contributed by atoms with Crippen molar-refractivity contribution >= 4 is 17.5 Å². The van der Waals surface area contributed by atoms with Crippen LogP contribution in [-0.4, -0.2) is 30.7 Å². The predicted molar refractivity (Wildman–Crippen MR) is 58.0 cm³/mol. The van der Waals surface area contributed by atoms with Crippen LogP contribution >= 0.6 is 0 Å². The monoisotopic (exact) mass is 227 g/mol. The van der Waals surface area contributed by atoms with Crippen molar-refractivity contribution < 1.29 is 19.2 Å². The molecule has 0 aliphatic carbocycles. The molecule has 5 heteroatoms. The lowest BCUT2D eigenvalue weighted by Crippen LogP contribution is -2.23. The summed E-state index contributed by atoms with van der Waals surface area (Å²) in [7, 11) is 1.28. The van der Waals surface area contributed by atoms with Crippen LogP contribution in [0.3, 0.4) is 0 Å². The van der Waals surface area contributed by atoms with E-state index in [0.717, 1.165) is 12.1 Å². The Balaban J connectivity index is 2.28. The molecule has 1 aliphatic heterocycles. The molecule has 0 aromatic heterocycles. The van der Waals surface area contributed by atoms with Crippen molar-refractivity contribution in [1.82, 2.24) is 0 Å². The number of carbonyl (C=O) groups is 2. The Labute approximate surface area is 94.8 Å². The molecule has 5 nitrogen and oxygen atoms in total. The van der Waals surface area contributed by atoms with Gasteiger partial charge >= 0.3 is 5.97 Å². The first-order chi connectivity index (χ1) is 7.54. The highest BCUT2D eigenvalue weighted by Crippen LogP contribution is 2.17. The van der Waals surface area contributed by atoms with Gasteiger partial charge in [0.1, 0.15) is 17.8 Å². The van der Waals surface area contributed by atoms with Crippen LogP contribution in [0.25, 0.3) is 0 Å². The van der Waals surface area contributed by atoms with Gasteiger partial charge in [0.05, 0.1) is 12.8 Å². The van der Waals surface area contributed by atoms with Crippen LogP contribution in [0, 0.1) is 5.92 Å². The SMILES string of the molecule is COC(=O)C(C)C(=O)CC[C@H]1CC(C)=NO1. The molecule has 0 aromatic carbocycles. The van der Waals surface area contributed by atoms with Crippen LogP contribution < -0.4 is 0 Å². The fourth-order valence-corrected chi connectivity index (χ4v) is 1.55. The molecule has 0 N–H and O–H groups in total. The normalized spacial score (nSPS) is 20.9. The molecule has 1 rings (SSSR count). The lowest BCUT2D eigenvalue weighted by atomic mass is 9.99. The summed E-state index contributed by atoms with van der Waals surface area (Å²) >= 11 is 0. The predicted octanol–water partition coefficient (Wildman–Crippen LogP) is 1.31. The Morgan fingerprint density at radius 2 is 2.31 bits per heavy atom. The number of methoxy groups -OCH3 is 1. The van der Waals surface area contributed by atoms with Gasteiger partial charge < -0.3 is 9.57 Å². The van der Waals surface area contributed by atoms with E-state index >= 15 is 0 Å². The number of nitrogens with zero attached hydrogens (tertiary/aromatic N) is 1. The second-order valence-corrected chi connectivity index (χ2v) is 4.01. The molecule has 90 valence electrons. The number of ketones is 1. The van der Waals surface area contributed by atoms with Crippen molar-refractivity contribution in [3.05, 3.63) is 0 Å². The minimum absolute atomic E-state index is 0.0196. The number of oxime groups is 1. The molecule has 1 unspecified atom stereocenters. The van der Waals surface area contributed by atoms with E-state index in [1.165, 1.54) is 7.11 Å². The smallest absolute Gasteiger partial charge is 0.315 e. The van der Waals surface area contributed by atoms with Crippen LogP contribution in [0.2, 0.25) is 0 Å². The van der Waals surface area contributed by atoms with Gasteiger partial charge in [0.2, 0.25) is 0 Å². The fourth-order valence-electron chi connectivity index (χ4n) is 1.55. The maximum Gasteiger partial charge on any atom is 0.315 e. The van der Waals surface area contributed by atoms with Crippen molar-refractivity contribution in [2.75, 3.05) is 7.11 Å². The minimum atomic E-state index is -0.687. The van der Waals surface area contributed by atoms with Crippen LogP contribution in [0.1, 0.15) is 33.1 Å². The van der Waals surface area contributed by atoms with E-state index in [2.05, 4.69) is 9.89 Å². The Bertz CT molecular complexity index is 311. The summed E-state index contributed by atoms with van der Waals surface area (Å²) in [5.41, 5.74) is 0.943. The van der Waals surface area contributed by atoms with E-state index in [1.807, 2.05) is 6.92 Å². The summed E-state index contributed by atoms with van der Waals surface area (Å²) in [6, 6.07) is 0. The summed E-state index contributed by atoms with van der Waals surface area (Å²) in [5.74, 6) is -1.28. The molecule has 0 amide bonds. The molecule has 0 fully saturated rings. The first kappa shape index (κ1) is 12.7. The molecule has 16 heavy (non-hydrogen) atoms. The average Bonchev–Trinajstić information content (AvgIpc) is 2.69. The van der Waals surface area contributed by atoms with Gasteiger partial charge in [0.25, 0.3) is 0 Å². The molecular formula is C11H17NO4. The first-order valence-corrected chi connectivity index (χ1v) is 5.34. The third-order valence-corrected chi connectivity index (χ3v) is 2.63. The van der Waals surface area contributed by atoms with E-state index in [0.29, 0.717) is 12.8 Å². The molecule has 1 heterocycles. The van der Waals surface area contributed by atoms with E-state index < -0.39 is 11.9 Å². The fraction of sp³-hybridized carbons (Fsp3) is 0.727. The van der Waals surface area contributed by atoms with Crippen LogP contribution in [0.5, 0.6) is 0 Å². The van der Waals surface area contributed by atoms with Gasteiger partial charge in [0.15, 0.2) is 0 Å². The van der Waals surface area contributed by atoms with Gasteiger partial charge in [-0.1, -0.05) is 5.16 Å². The highest BCUT2D eigenvalue weighted by atomic mass is 16.6. The molecule has 0 bridgehead atoms. The van der Waals surface area contributed by atoms with Gasteiger partial charge in [0, 0.05) is 12.8 Å². The van der Waals surface area contributed by atoms with Crippen molar-refractivity contribution in [1.29, 1.82) is 0 Å². The molecule has 2 atom stereocenters. The number of hydrogen-bond donors (Lipinski definition) is 0. The molecule has 0 saturated heterocycles. The highest BCUT2D eigenvalue weighted by molar-refractivity contribution is 5.98. The van der Waals surface area contributed by atoms with Crippen molar-refractivity contribution in [3.63, 3.8) is 0 Å². The summed E-state index contributed by atoms with van der Waals surface area (Å²) in [4.78, 5) is 27.8. The zero-order chi connectivity index (χ0) is 12.1. The molecule has 1 aliphatic rings. The molecule has 0 aromatic rings. The van der Waals surface area contributed by atoms with E-state index in [-0.39, 0.29) is 11.9 Å².